The summed E-state index contributed by atoms with van der Waals surface area (Å²) in [5.41, 5.74) is 2.93. The molecule has 0 unspecified atom stereocenters. The van der Waals surface area contributed by atoms with Gasteiger partial charge in [0.25, 0.3) is 11.6 Å². The molecule has 1 aliphatic rings. The number of nitro benzene ring substituents is 1. The second-order valence-corrected chi connectivity index (χ2v) is 8.78. The smallest absolute Gasteiger partial charge is 0.271 e. The summed E-state index contributed by atoms with van der Waals surface area (Å²) >= 11 is 1.26. The zero-order valence-electron chi connectivity index (χ0n) is 18.6. The highest BCUT2D eigenvalue weighted by molar-refractivity contribution is 8.19. The van der Waals surface area contributed by atoms with Gasteiger partial charge in [-0.25, -0.2) is 4.99 Å². The van der Waals surface area contributed by atoms with Crippen LogP contribution in [0.15, 0.2) is 105 Å². The number of rotatable bonds is 5. The van der Waals surface area contributed by atoms with E-state index in [2.05, 4.69) is 0 Å². The van der Waals surface area contributed by atoms with Crippen LogP contribution in [-0.2, 0) is 4.79 Å². The predicted octanol–water partition coefficient (Wildman–Crippen LogP) is 6.97. The Bertz CT molecular complexity index is 1480. The minimum Gasteiger partial charge on any atom is -0.457 e. The highest BCUT2D eigenvalue weighted by Crippen LogP contribution is 2.38. The lowest BCUT2D eigenvalue weighted by molar-refractivity contribution is -0.384. The van der Waals surface area contributed by atoms with Gasteiger partial charge in [0.15, 0.2) is 5.17 Å². The van der Waals surface area contributed by atoms with E-state index in [0.717, 1.165) is 16.9 Å². The van der Waals surface area contributed by atoms with E-state index in [-0.39, 0.29) is 11.6 Å². The molecular formula is C27H19N3O4S. The molecule has 0 N–H and O–H groups in total. The second-order valence-electron chi connectivity index (χ2n) is 7.78. The molecule has 1 amide bonds. The van der Waals surface area contributed by atoms with E-state index >= 15 is 0 Å². The van der Waals surface area contributed by atoms with Crippen LogP contribution in [0, 0.1) is 17.0 Å². The van der Waals surface area contributed by atoms with Gasteiger partial charge in [-0.05, 0) is 60.6 Å². The third-order valence-electron chi connectivity index (χ3n) is 5.40. The molecule has 2 heterocycles. The first-order chi connectivity index (χ1) is 17.0. The monoisotopic (exact) mass is 481 g/mol. The lowest BCUT2D eigenvalue weighted by Gasteiger charge is -2.15. The molecule has 7 nitrogen and oxygen atoms in total. The van der Waals surface area contributed by atoms with E-state index in [1.54, 1.807) is 29.2 Å². The van der Waals surface area contributed by atoms with Crippen LogP contribution < -0.4 is 4.90 Å². The molecule has 1 saturated heterocycles. The number of hydrogen-bond acceptors (Lipinski definition) is 6. The number of non-ortho nitro benzene ring substituents is 1. The van der Waals surface area contributed by atoms with Crippen molar-refractivity contribution in [3.05, 3.63) is 117 Å². The van der Waals surface area contributed by atoms with Crippen LogP contribution >= 0.6 is 11.8 Å². The number of amidine groups is 1. The fourth-order valence-corrected chi connectivity index (χ4v) is 4.64. The number of nitrogens with zero attached hydrogens (tertiary/aromatic N) is 3. The quantitative estimate of drug-likeness (QED) is 0.174. The van der Waals surface area contributed by atoms with Gasteiger partial charge < -0.3 is 4.42 Å². The molecule has 35 heavy (non-hydrogen) atoms. The fourth-order valence-electron chi connectivity index (χ4n) is 3.66. The van der Waals surface area contributed by atoms with Crippen LogP contribution in [0.1, 0.15) is 11.3 Å². The third-order valence-corrected chi connectivity index (χ3v) is 6.37. The summed E-state index contributed by atoms with van der Waals surface area (Å²) < 4.78 is 5.97. The van der Waals surface area contributed by atoms with Crippen LogP contribution in [0.5, 0.6) is 0 Å². The summed E-state index contributed by atoms with van der Waals surface area (Å²) in [6.45, 7) is 1.86. The van der Waals surface area contributed by atoms with Gasteiger partial charge in [-0.15, -0.1) is 0 Å². The van der Waals surface area contributed by atoms with Crippen molar-refractivity contribution in [2.45, 2.75) is 6.92 Å². The first kappa shape index (κ1) is 22.4. The Labute approximate surface area is 205 Å². The molecule has 0 bridgehead atoms. The predicted molar refractivity (Wildman–Crippen MR) is 139 cm³/mol. The lowest BCUT2D eigenvalue weighted by atomic mass is 10.1. The number of thioether (sulfide) groups is 1. The van der Waals surface area contributed by atoms with Crippen LogP contribution in [0.4, 0.5) is 17.1 Å². The lowest BCUT2D eigenvalue weighted by Crippen LogP contribution is -2.28. The van der Waals surface area contributed by atoms with E-state index in [0.29, 0.717) is 27.2 Å². The van der Waals surface area contributed by atoms with Crippen molar-refractivity contribution in [2.24, 2.45) is 4.99 Å². The summed E-state index contributed by atoms with van der Waals surface area (Å²) in [5, 5.41) is 11.7. The van der Waals surface area contributed by atoms with Crippen molar-refractivity contribution in [1.82, 2.24) is 0 Å². The van der Waals surface area contributed by atoms with Gasteiger partial charge in [0.2, 0.25) is 0 Å². The van der Waals surface area contributed by atoms with Gasteiger partial charge in [0.05, 0.1) is 21.2 Å². The Morgan fingerprint density at radius 1 is 0.971 bits per heavy atom. The van der Waals surface area contributed by atoms with Crippen LogP contribution in [0.2, 0.25) is 0 Å². The molecule has 4 aromatic rings. The van der Waals surface area contributed by atoms with Crippen LogP contribution in [0.3, 0.4) is 0 Å². The van der Waals surface area contributed by atoms with Crippen molar-refractivity contribution in [1.29, 1.82) is 0 Å². The van der Waals surface area contributed by atoms with Crippen molar-refractivity contribution >= 4 is 46.0 Å². The van der Waals surface area contributed by atoms with E-state index in [9.17, 15) is 14.9 Å². The van der Waals surface area contributed by atoms with Gasteiger partial charge in [-0.1, -0.05) is 42.5 Å². The molecule has 5 rings (SSSR count). The van der Waals surface area contributed by atoms with Gasteiger partial charge in [-0.2, -0.15) is 0 Å². The number of benzene rings is 3. The number of aryl methyl sites for hydroxylation is 1. The van der Waals surface area contributed by atoms with Crippen LogP contribution in [0.25, 0.3) is 17.4 Å². The first-order valence-electron chi connectivity index (χ1n) is 10.8. The van der Waals surface area contributed by atoms with Crippen LogP contribution in [-0.4, -0.2) is 16.0 Å². The molecule has 0 saturated carbocycles. The Kier molecular flexibility index (Phi) is 6.03. The second kappa shape index (κ2) is 9.44. The number of furan rings is 1. The molecular weight excluding hydrogens is 462 g/mol. The fraction of sp³-hybridized carbons (Fsp3) is 0.0370. The number of para-hydroxylation sites is 2. The molecule has 1 aliphatic heterocycles. The Balaban J connectivity index is 1.51. The van der Waals surface area contributed by atoms with Gasteiger partial charge in [0, 0.05) is 23.8 Å². The molecule has 3 aromatic carbocycles. The summed E-state index contributed by atoms with van der Waals surface area (Å²) in [7, 11) is 0. The van der Waals surface area contributed by atoms with Crippen molar-refractivity contribution in [3.8, 4) is 11.3 Å². The van der Waals surface area contributed by atoms with E-state index < -0.39 is 4.92 Å². The molecule has 1 aromatic heterocycles. The minimum atomic E-state index is -0.436. The highest BCUT2D eigenvalue weighted by atomic mass is 32.2. The molecule has 0 spiro atoms. The number of amides is 1. The van der Waals surface area contributed by atoms with E-state index in [1.165, 1.54) is 23.9 Å². The highest BCUT2D eigenvalue weighted by Gasteiger charge is 2.35. The average Bonchev–Trinajstić information content (AvgIpc) is 3.45. The van der Waals surface area contributed by atoms with E-state index in [4.69, 9.17) is 9.41 Å². The summed E-state index contributed by atoms with van der Waals surface area (Å²) in [6, 6.07) is 26.9. The molecule has 0 radical (unpaired) electrons. The zero-order valence-corrected chi connectivity index (χ0v) is 19.4. The molecule has 0 atom stereocenters. The summed E-state index contributed by atoms with van der Waals surface area (Å²) in [6.07, 6.45) is 1.67. The molecule has 0 aliphatic carbocycles. The maximum atomic E-state index is 13.4. The van der Waals surface area contributed by atoms with Crippen molar-refractivity contribution < 1.29 is 14.1 Å². The number of aliphatic imine (C=N–C) groups is 1. The van der Waals surface area contributed by atoms with Gasteiger partial charge in [0.1, 0.15) is 11.5 Å². The largest absolute Gasteiger partial charge is 0.457 e. The van der Waals surface area contributed by atoms with E-state index in [1.807, 2.05) is 67.6 Å². The SMILES string of the molecule is Cc1ccc([N+](=O)[O-])cc1-c1ccc(/C=C2/SC(=Nc3ccccc3)N(c3ccccc3)C2=O)o1. The first-order valence-corrected chi connectivity index (χ1v) is 11.6. The minimum absolute atomic E-state index is 0.0105. The molecule has 172 valence electrons. The Morgan fingerprint density at radius 3 is 2.40 bits per heavy atom. The molecule has 1 fully saturated rings. The number of anilines is 1. The van der Waals surface area contributed by atoms with Crippen molar-refractivity contribution in [3.63, 3.8) is 0 Å². The molecule has 8 heteroatoms. The topological polar surface area (TPSA) is 89.0 Å². The number of hydrogen-bond donors (Lipinski definition) is 0. The van der Waals surface area contributed by atoms with Crippen molar-refractivity contribution in [2.75, 3.05) is 4.90 Å². The number of nitro groups is 1. The zero-order chi connectivity index (χ0) is 24.4. The van der Waals surface area contributed by atoms with Gasteiger partial charge >= 0.3 is 0 Å². The number of carbonyl (C=O) groups is 1. The average molecular weight is 482 g/mol. The Morgan fingerprint density at radius 2 is 1.69 bits per heavy atom. The maximum Gasteiger partial charge on any atom is 0.271 e. The summed E-state index contributed by atoms with van der Waals surface area (Å²) in [4.78, 5) is 30.9. The van der Waals surface area contributed by atoms with Gasteiger partial charge in [-0.3, -0.25) is 19.8 Å². The maximum absolute atomic E-state index is 13.4. The standard InChI is InChI=1S/C27H19N3O4S/c1-18-12-13-21(30(32)33)16-23(18)24-15-14-22(34-24)17-25-26(31)29(20-10-6-3-7-11-20)27(35-25)28-19-8-4-2-5-9-19/h2-17H,1H3/b25-17+,28-27?. The third kappa shape index (κ3) is 4.64. The Hall–Kier alpha value is -4.43. The number of carbonyl (C=O) groups excluding carboxylic acids is 1. The normalized spacial score (nSPS) is 15.8. The summed E-state index contributed by atoms with van der Waals surface area (Å²) in [5.74, 6) is 0.752.